The first-order valence-corrected chi connectivity index (χ1v) is 6.55. The fourth-order valence-electron chi connectivity index (χ4n) is 2.78. The predicted molar refractivity (Wildman–Crippen MR) is 77.7 cm³/mol. The van der Waals surface area contributed by atoms with Crippen LogP contribution in [0.25, 0.3) is 0 Å². The topological polar surface area (TPSA) is 86.6 Å². The standard InChI is InChI=1S/C16H17NO4/c1-8-6-4-5-7-11(8)14-12(15(18)19)9(2)17-10(3)13(14)16(20)21/h4-7,14,17H,1-3H3,(H,18,19)(H,20,21). The summed E-state index contributed by atoms with van der Waals surface area (Å²) >= 11 is 0. The largest absolute Gasteiger partial charge is 0.478 e. The summed E-state index contributed by atoms with van der Waals surface area (Å²) in [6.07, 6.45) is 0. The van der Waals surface area contributed by atoms with E-state index in [1.807, 2.05) is 19.1 Å². The molecule has 0 bridgehead atoms. The summed E-state index contributed by atoms with van der Waals surface area (Å²) in [5, 5.41) is 21.9. The molecule has 0 amide bonds. The van der Waals surface area contributed by atoms with Crippen LogP contribution in [-0.4, -0.2) is 22.2 Å². The van der Waals surface area contributed by atoms with E-state index in [9.17, 15) is 19.8 Å². The number of nitrogens with one attached hydrogen (secondary N) is 1. The molecule has 0 fully saturated rings. The molecule has 0 unspecified atom stereocenters. The van der Waals surface area contributed by atoms with Crippen molar-refractivity contribution in [2.75, 3.05) is 0 Å². The van der Waals surface area contributed by atoms with Gasteiger partial charge in [-0.2, -0.15) is 0 Å². The molecule has 0 saturated carbocycles. The number of hydrogen-bond donors (Lipinski definition) is 3. The minimum atomic E-state index is -1.11. The van der Waals surface area contributed by atoms with Crippen molar-refractivity contribution < 1.29 is 19.8 Å². The molecule has 1 aliphatic heterocycles. The number of aryl methyl sites for hydroxylation is 1. The number of aliphatic carboxylic acids is 2. The second kappa shape index (κ2) is 5.44. The van der Waals surface area contributed by atoms with Crippen LogP contribution in [0.3, 0.4) is 0 Å². The van der Waals surface area contributed by atoms with E-state index < -0.39 is 17.9 Å². The molecule has 21 heavy (non-hydrogen) atoms. The molecule has 0 radical (unpaired) electrons. The first-order valence-electron chi connectivity index (χ1n) is 6.55. The number of allylic oxidation sites excluding steroid dienone is 2. The monoisotopic (exact) mass is 287 g/mol. The van der Waals surface area contributed by atoms with Gasteiger partial charge < -0.3 is 15.5 Å². The Labute approximate surface area is 122 Å². The van der Waals surface area contributed by atoms with Crippen LogP contribution < -0.4 is 5.32 Å². The van der Waals surface area contributed by atoms with E-state index in [1.54, 1.807) is 26.0 Å². The van der Waals surface area contributed by atoms with E-state index in [1.165, 1.54) is 0 Å². The molecule has 0 aromatic heterocycles. The molecule has 2 rings (SSSR count). The van der Waals surface area contributed by atoms with Crippen LogP contribution in [0, 0.1) is 6.92 Å². The zero-order valence-electron chi connectivity index (χ0n) is 12.1. The Balaban J connectivity index is 2.74. The van der Waals surface area contributed by atoms with Crippen LogP contribution in [0.4, 0.5) is 0 Å². The maximum absolute atomic E-state index is 11.6. The van der Waals surface area contributed by atoms with E-state index in [4.69, 9.17) is 0 Å². The lowest BCUT2D eigenvalue weighted by atomic mass is 9.79. The molecule has 5 heteroatoms. The Kier molecular flexibility index (Phi) is 3.84. The fourth-order valence-corrected chi connectivity index (χ4v) is 2.78. The lowest BCUT2D eigenvalue weighted by Gasteiger charge is -2.29. The Morgan fingerprint density at radius 3 is 1.86 bits per heavy atom. The Bertz CT molecular complexity index is 649. The predicted octanol–water partition coefficient (Wildman–Crippen LogP) is 2.40. The van der Waals surface area contributed by atoms with E-state index in [0.29, 0.717) is 17.0 Å². The Hall–Kier alpha value is -2.56. The van der Waals surface area contributed by atoms with Crippen molar-refractivity contribution in [3.8, 4) is 0 Å². The number of dihydropyridines is 1. The maximum Gasteiger partial charge on any atom is 0.334 e. The molecule has 5 nitrogen and oxygen atoms in total. The van der Waals surface area contributed by atoms with Gasteiger partial charge in [-0.25, -0.2) is 9.59 Å². The van der Waals surface area contributed by atoms with Gasteiger partial charge >= 0.3 is 11.9 Å². The highest BCUT2D eigenvalue weighted by atomic mass is 16.4. The zero-order valence-corrected chi connectivity index (χ0v) is 12.1. The van der Waals surface area contributed by atoms with Gasteiger partial charge in [-0.05, 0) is 31.9 Å². The number of carbonyl (C=O) groups is 2. The molecular weight excluding hydrogens is 270 g/mol. The summed E-state index contributed by atoms with van der Waals surface area (Å²) in [4.78, 5) is 23.2. The van der Waals surface area contributed by atoms with Crippen LogP contribution >= 0.6 is 0 Å². The molecule has 110 valence electrons. The van der Waals surface area contributed by atoms with Gasteiger partial charge in [0, 0.05) is 11.4 Å². The van der Waals surface area contributed by atoms with Crippen LogP contribution in [0.5, 0.6) is 0 Å². The molecule has 0 spiro atoms. The number of rotatable bonds is 3. The molecule has 1 aromatic carbocycles. The van der Waals surface area contributed by atoms with Gasteiger partial charge in [0.15, 0.2) is 0 Å². The van der Waals surface area contributed by atoms with E-state index in [-0.39, 0.29) is 11.1 Å². The first kappa shape index (κ1) is 14.8. The lowest BCUT2D eigenvalue weighted by Crippen LogP contribution is -2.31. The van der Waals surface area contributed by atoms with Crippen LogP contribution in [0.2, 0.25) is 0 Å². The third-order valence-corrected chi connectivity index (χ3v) is 3.72. The van der Waals surface area contributed by atoms with E-state index in [2.05, 4.69) is 5.32 Å². The number of benzene rings is 1. The Morgan fingerprint density at radius 2 is 1.43 bits per heavy atom. The molecule has 1 aliphatic rings. The molecule has 0 atom stereocenters. The van der Waals surface area contributed by atoms with E-state index >= 15 is 0 Å². The number of carboxylic acids is 2. The minimum absolute atomic E-state index is 0.0762. The van der Waals surface area contributed by atoms with E-state index in [0.717, 1.165) is 5.56 Å². The van der Waals surface area contributed by atoms with Crippen LogP contribution in [0.1, 0.15) is 30.9 Å². The normalized spacial score (nSPS) is 16.0. The smallest absolute Gasteiger partial charge is 0.334 e. The van der Waals surface area contributed by atoms with Crippen molar-refractivity contribution >= 4 is 11.9 Å². The Morgan fingerprint density at radius 1 is 0.952 bits per heavy atom. The van der Waals surface area contributed by atoms with Crippen molar-refractivity contribution in [3.63, 3.8) is 0 Å². The van der Waals surface area contributed by atoms with Crippen molar-refractivity contribution in [1.29, 1.82) is 0 Å². The highest BCUT2D eigenvalue weighted by Gasteiger charge is 2.36. The second-order valence-electron chi connectivity index (χ2n) is 5.10. The summed E-state index contributed by atoms with van der Waals surface area (Å²) in [5.41, 5.74) is 2.66. The van der Waals surface area contributed by atoms with Crippen molar-refractivity contribution in [2.24, 2.45) is 0 Å². The average molecular weight is 287 g/mol. The zero-order chi connectivity index (χ0) is 15.7. The molecular formula is C16H17NO4. The van der Waals surface area contributed by atoms with Gasteiger partial charge in [-0.1, -0.05) is 24.3 Å². The third kappa shape index (κ3) is 2.54. The van der Waals surface area contributed by atoms with Gasteiger partial charge in [0.25, 0.3) is 0 Å². The maximum atomic E-state index is 11.6. The van der Waals surface area contributed by atoms with Gasteiger partial charge in [-0.3, -0.25) is 0 Å². The molecule has 0 saturated heterocycles. The average Bonchev–Trinajstić information content (AvgIpc) is 2.37. The summed E-state index contributed by atoms with van der Waals surface area (Å²) < 4.78 is 0. The van der Waals surface area contributed by atoms with Crippen LogP contribution in [0.15, 0.2) is 46.8 Å². The van der Waals surface area contributed by atoms with Gasteiger partial charge in [0.2, 0.25) is 0 Å². The summed E-state index contributed by atoms with van der Waals surface area (Å²) in [6.45, 7) is 5.15. The molecule has 1 aromatic rings. The highest BCUT2D eigenvalue weighted by molar-refractivity contribution is 5.98. The number of hydrogen-bond acceptors (Lipinski definition) is 3. The summed E-state index contributed by atoms with van der Waals surface area (Å²) in [7, 11) is 0. The highest BCUT2D eigenvalue weighted by Crippen LogP contribution is 2.39. The third-order valence-electron chi connectivity index (χ3n) is 3.72. The number of carboxylic acid groups (broad SMARTS) is 2. The van der Waals surface area contributed by atoms with Gasteiger partial charge in [0.05, 0.1) is 17.1 Å². The molecule has 3 N–H and O–H groups in total. The quantitative estimate of drug-likeness (QED) is 0.794. The van der Waals surface area contributed by atoms with Crippen molar-refractivity contribution in [1.82, 2.24) is 5.32 Å². The first-order chi connectivity index (χ1) is 9.84. The molecule has 0 aliphatic carbocycles. The van der Waals surface area contributed by atoms with Crippen molar-refractivity contribution in [2.45, 2.75) is 26.7 Å². The lowest BCUT2D eigenvalue weighted by molar-refractivity contribution is -0.133. The van der Waals surface area contributed by atoms with Crippen LogP contribution in [-0.2, 0) is 9.59 Å². The second-order valence-corrected chi connectivity index (χ2v) is 5.10. The van der Waals surface area contributed by atoms with Gasteiger partial charge in [0.1, 0.15) is 0 Å². The summed E-state index contributed by atoms with van der Waals surface area (Å²) in [5.74, 6) is -3.00. The summed E-state index contributed by atoms with van der Waals surface area (Å²) in [6, 6.07) is 7.25. The van der Waals surface area contributed by atoms with Gasteiger partial charge in [-0.15, -0.1) is 0 Å². The minimum Gasteiger partial charge on any atom is -0.478 e. The molecule has 1 heterocycles. The SMILES string of the molecule is CC1=C(C(=O)O)C(c2ccccc2C)C(C(=O)O)=C(C)N1. The van der Waals surface area contributed by atoms with Crippen molar-refractivity contribution in [3.05, 3.63) is 57.9 Å². The fraction of sp³-hybridized carbons (Fsp3) is 0.250.